The van der Waals surface area contributed by atoms with E-state index in [2.05, 4.69) is 32.2 Å². The van der Waals surface area contributed by atoms with Gasteiger partial charge in [0.1, 0.15) is 0 Å². The van der Waals surface area contributed by atoms with E-state index in [0.29, 0.717) is 17.2 Å². The normalized spacial score (nSPS) is 15.1. The van der Waals surface area contributed by atoms with Crippen molar-refractivity contribution in [3.05, 3.63) is 130 Å². The molecule has 7 rings (SSSR count). The number of hydrogen-bond donors (Lipinski definition) is 1. The van der Waals surface area contributed by atoms with Crippen molar-refractivity contribution in [3.8, 4) is 5.69 Å². The Labute approximate surface area is 251 Å². The summed E-state index contributed by atoms with van der Waals surface area (Å²) in [6.45, 7) is 2.01. The Kier molecular flexibility index (Phi) is 6.43. The van der Waals surface area contributed by atoms with Crippen LogP contribution >= 0.6 is 15.9 Å². The minimum absolute atomic E-state index is 0.296. The fourth-order valence-corrected chi connectivity index (χ4v) is 5.72. The Morgan fingerprint density at radius 1 is 0.881 bits per heavy atom. The van der Waals surface area contributed by atoms with E-state index in [1.165, 1.54) is 7.11 Å². The molecule has 1 N–H and O–H groups in total. The number of ether oxygens (including phenoxy) is 1. The summed E-state index contributed by atoms with van der Waals surface area (Å²) in [6, 6.07) is 33.2. The molecule has 0 unspecified atom stereocenters. The van der Waals surface area contributed by atoms with Gasteiger partial charge >= 0.3 is 5.97 Å². The van der Waals surface area contributed by atoms with Crippen LogP contribution < -0.4 is 10.2 Å². The molecular weight excluding hydrogens is 592 g/mol. The molecule has 5 aromatic rings. The van der Waals surface area contributed by atoms with Crippen LogP contribution in [0.3, 0.4) is 0 Å². The quantitative estimate of drug-likeness (QED) is 0.211. The lowest BCUT2D eigenvalue weighted by Gasteiger charge is -2.40. The second-order valence-electron chi connectivity index (χ2n) is 9.97. The number of para-hydroxylation sites is 3. The van der Waals surface area contributed by atoms with Crippen LogP contribution in [-0.2, 0) is 4.74 Å². The zero-order valence-corrected chi connectivity index (χ0v) is 24.4. The molecule has 8 nitrogen and oxygen atoms in total. The van der Waals surface area contributed by atoms with Gasteiger partial charge in [0, 0.05) is 15.7 Å². The van der Waals surface area contributed by atoms with E-state index in [9.17, 15) is 4.79 Å². The van der Waals surface area contributed by atoms with E-state index in [1.807, 2.05) is 96.5 Å². The molecule has 3 heterocycles. The van der Waals surface area contributed by atoms with Crippen molar-refractivity contribution < 1.29 is 9.53 Å². The maximum absolute atomic E-state index is 12.3. The number of nitrogens with zero attached hydrogens (tertiary/aromatic N) is 5. The van der Waals surface area contributed by atoms with Crippen molar-refractivity contribution in [1.29, 1.82) is 0 Å². The van der Waals surface area contributed by atoms with Crippen molar-refractivity contribution in [3.63, 3.8) is 0 Å². The molecule has 206 valence electrons. The molecule has 1 atom stereocenters. The number of benzene rings is 4. The van der Waals surface area contributed by atoms with Crippen molar-refractivity contribution in [2.75, 3.05) is 17.3 Å². The summed E-state index contributed by atoms with van der Waals surface area (Å²) in [5, 5.41) is 8.49. The lowest BCUT2D eigenvalue weighted by molar-refractivity contribution is 0.0600. The minimum Gasteiger partial charge on any atom is -0.465 e. The second kappa shape index (κ2) is 10.4. The first-order valence-electron chi connectivity index (χ1n) is 13.4. The molecule has 0 fully saturated rings. The number of amidine groups is 2. The monoisotopic (exact) mass is 616 g/mol. The molecule has 2 aliphatic heterocycles. The van der Waals surface area contributed by atoms with Crippen LogP contribution in [-0.4, -0.2) is 34.5 Å². The molecular formula is C33H25BrN6O2. The van der Waals surface area contributed by atoms with Gasteiger partial charge in [-0.25, -0.2) is 19.5 Å². The Morgan fingerprint density at radius 2 is 1.60 bits per heavy atom. The first-order valence-corrected chi connectivity index (χ1v) is 14.2. The highest BCUT2D eigenvalue weighted by molar-refractivity contribution is 9.10. The lowest BCUT2D eigenvalue weighted by atomic mass is 9.92. The number of esters is 1. The standard InChI is InChI=1S/C33H25BrN6O2/c1-20-28-29(21-12-14-22(15-13-21)33(41)42-2)39-27-11-7-6-10-26(27)36-30(35-24-18-16-23(34)17-19-24)32(39)37-31(28)40(38-20)25-8-4-3-5-9-25/h3-19,29H,1-2H3,(H,35,36)/t29-/m0/s1. The van der Waals surface area contributed by atoms with E-state index in [-0.39, 0.29) is 12.0 Å². The number of halogens is 1. The summed E-state index contributed by atoms with van der Waals surface area (Å²) in [6.07, 6.45) is 0. The number of anilines is 2. The van der Waals surface area contributed by atoms with Crippen LogP contribution in [0.2, 0.25) is 0 Å². The number of aryl methyl sites for hydroxylation is 1. The summed E-state index contributed by atoms with van der Waals surface area (Å²) in [4.78, 5) is 24.8. The number of methoxy groups -OCH3 is 1. The van der Waals surface area contributed by atoms with Crippen molar-refractivity contribution in [2.24, 2.45) is 9.98 Å². The van der Waals surface area contributed by atoms with Gasteiger partial charge in [0.2, 0.25) is 0 Å². The summed E-state index contributed by atoms with van der Waals surface area (Å²) >= 11 is 3.52. The first-order chi connectivity index (χ1) is 20.5. The summed E-state index contributed by atoms with van der Waals surface area (Å²) < 4.78 is 7.83. The number of nitrogens with one attached hydrogen (secondary N) is 1. The number of carbonyl (C=O) groups excluding carboxylic acids is 1. The third-order valence-corrected chi connectivity index (χ3v) is 7.92. The van der Waals surface area contributed by atoms with Crippen LogP contribution in [0.15, 0.2) is 118 Å². The molecule has 0 amide bonds. The van der Waals surface area contributed by atoms with Gasteiger partial charge in [-0.1, -0.05) is 58.4 Å². The van der Waals surface area contributed by atoms with E-state index >= 15 is 0 Å². The second-order valence-corrected chi connectivity index (χ2v) is 10.9. The predicted octanol–water partition coefficient (Wildman–Crippen LogP) is 7.53. The van der Waals surface area contributed by atoms with Gasteiger partial charge in [-0.2, -0.15) is 5.10 Å². The number of aliphatic imine (C=N–C) groups is 2. The lowest BCUT2D eigenvalue weighted by Crippen LogP contribution is -2.46. The van der Waals surface area contributed by atoms with Crippen molar-refractivity contribution in [2.45, 2.75) is 13.0 Å². The Hall–Kier alpha value is -5.02. The smallest absolute Gasteiger partial charge is 0.337 e. The molecule has 0 aliphatic carbocycles. The fraction of sp³-hybridized carbons (Fsp3) is 0.0909. The van der Waals surface area contributed by atoms with Gasteiger partial charge in [0.25, 0.3) is 0 Å². The highest BCUT2D eigenvalue weighted by atomic mass is 79.9. The third kappa shape index (κ3) is 4.38. The molecule has 1 aromatic heterocycles. The van der Waals surface area contributed by atoms with Crippen LogP contribution in [0.4, 0.5) is 22.9 Å². The van der Waals surface area contributed by atoms with Gasteiger partial charge in [-0.05, 0) is 73.2 Å². The molecule has 2 aliphatic rings. The zero-order valence-electron chi connectivity index (χ0n) is 22.8. The number of aromatic nitrogens is 2. The van der Waals surface area contributed by atoms with Gasteiger partial charge in [-0.15, -0.1) is 0 Å². The molecule has 0 spiro atoms. The van der Waals surface area contributed by atoms with Gasteiger partial charge in [0.05, 0.1) is 41.5 Å². The van der Waals surface area contributed by atoms with Crippen LogP contribution in [0.1, 0.15) is 33.2 Å². The van der Waals surface area contributed by atoms with E-state index in [4.69, 9.17) is 19.8 Å². The van der Waals surface area contributed by atoms with Crippen molar-refractivity contribution in [1.82, 2.24) is 9.78 Å². The van der Waals surface area contributed by atoms with E-state index in [1.54, 1.807) is 12.1 Å². The Morgan fingerprint density at radius 3 is 2.33 bits per heavy atom. The Bertz CT molecular complexity index is 1880. The largest absolute Gasteiger partial charge is 0.465 e. The van der Waals surface area contributed by atoms with Gasteiger partial charge < -0.3 is 15.0 Å². The highest BCUT2D eigenvalue weighted by Crippen LogP contribution is 2.48. The average Bonchev–Trinajstić information content (AvgIpc) is 3.37. The SMILES string of the molecule is COC(=O)c1ccc([C@H]2c3c(C)nn(-c4ccccc4)c3N=C3C(Nc4ccc(Br)cc4)=Nc4ccccc4N32)cc1. The number of rotatable bonds is 4. The van der Waals surface area contributed by atoms with E-state index < -0.39 is 0 Å². The van der Waals surface area contributed by atoms with E-state index in [0.717, 1.165) is 49.9 Å². The molecule has 0 saturated heterocycles. The van der Waals surface area contributed by atoms with Crippen LogP contribution in [0.5, 0.6) is 0 Å². The summed E-state index contributed by atoms with van der Waals surface area (Å²) in [5.41, 5.74) is 6.86. The zero-order chi connectivity index (χ0) is 28.8. The highest BCUT2D eigenvalue weighted by Gasteiger charge is 2.41. The fourth-order valence-electron chi connectivity index (χ4n) is 5.45. The number of fused-ring (bicyclic) bond motifs is 4. The molecule has 42 heavy (non-hydrogen) atoms. The summed E-state index contributed by atoms with van der Waals surface area (Å²) in [5.74, 6) is 1.65. The topological polar surface area (TPSA) is 84.1 Å². The summed E-state index contributed by atoms with van der Waals surface area (Å²) in [7, 11) is 1.39. The first kappa shape index (κ1) is 25.9. The average molecular weight is 618 g/mol. The van der Waals surface area contributed by atoms with Gasteiger partial charge in [-0.3, -0.25) is 0 Å². The minimum atomic E-state index is -0.377. The molecule has 0 saturated carbocycles. The van der Waals surface area contributed by atoms with Crippen LogP contribution in [0.25, 0.3) is 5.69 Å². The van der Waals surface area contributed by atoms with Crippen molar-refractivity contribution >= 4 is 56.5 Å². The van der Waals surface area contributed by atoms with Crippen LogP contribution in [0, 0.1) is 6.92 Å². The molecule has 4 aromatic carbocycles. The molecule has 0 bridgehead atoms. The molecule has 0 radical (unpaired) electrons. The maximum Gasteiger partial charge on any atom is 0.337 e. The Balaban J connectivity index is 1.47. The molecule has 9 heteroatoms. The van der Waals surface area contributed by atoms with Gasteiger partial charge in [0.15, 0.2) is 17.5 Å². The predicted molar refractivity (Wildman–Crippen MR) is 169 cm³/mol. The number of carbonyl (C=O) groups is 1. The maximum atomic E-state index is 12.3. The third-order valence-electron chi connectivity index (χ3n) is 7.39. The number of hydrogen-bond acceptors (Lipinski definition) is 7.